The molecule has 0 atom stereocenters. The number of phenolic OH excluding ortho intramolecular Hbond substituents is 2. The van der Waals surface area contributed by atoms with Crippen molar-refractivity contribution in [2.24, 2.45) is 5.14 Å². The summed E-state index contributed by atoms with van der Waals surface area (Å²) in [6, 6.07) is 59.6. The molecule has 0 spiro atoms. The Labute approximate surface area is 645 Å². The Morgan fingerprint density at radius 2 is 0.763 bits per heavy atom. The number of amides is 1. The van der Waals surface area contributed by atoms with Crippen LogP contribution in [0.1, 0.15) is 44.6 Å². The van der Waals surface area contributed by atoms with Gasteiger partial charge in [0.05, 0.1) is 40.5 Å². The smallest absolute Gasteiger partial charge is 0.488 e. The third-order valence-corrected chi connectivity index (χ3v) is 11.9. The zero-order chi connectivity index (χ0) is 67.0. The molecule has 9 aromatic rings. The number of halogens is 12. The average Bonchev–Trinajstić information content (AvgIpc) is 0.878. The van der Waals surface area contributed by atoms with Crippen molar-refractivity contribution in [3.8, 4) is 63.2 Å². The van der Waals surface area contributed by atoms with Gasteiger partial charge in [0.15, 0.2) is 6.61 Å². The summed E-state index contributed by atoms with van der Waals surface area (Å²) >= 11 is 57.8. The van der Waals surface area contributed by atoms with E-state index in [0.29, 0.717) is 71.5 Å². The molecular formula is C66H82B3Br3Cl9N2O13S-. The van der Waals surface area contributed by atoms with Gasteiger partial charge in [-0.3, -0.25) is 4.79 Å². The first-order valence-corrected chi connectivity index (χ1v) is 33.3. The maximum Gasteiger partial charge on any atom is 0.488 e. The molecule has 15 nitrogen and oxygen atoms in total. The Bertz CT molecular complexity index is 3590. The maximum atomic E-state index is 12.2. The molecule has 9 rings (SSSR count). The van der Waals surface area contributed by atoms with Gasteiger partial charge in [0, 0.05) is 44.4 Å². The number of carbonyl (C=O) groups is 1. The summed E-state index contributed by atoms with van der Waals surface area (Å²) in [4.78, 5) is 12.0. The SMILES string of the molecule is BrB(Br)Br.C.C.C.C.C.C.COc1cc(Cl)cc(Oc2ccccc2)c1.COc1cc(O)cc(Cl)c1.ClCCl.ClCCl.NS(=O)(=O)c1ccc(NC(=O)COc2cc(Cl)cc(Oc3ccccc3)c2)c(Cl)c1.OB(O)c1ccccc1.Oc1cc(Cl)cc(Oc2ccccc2)c1.[BH4-]. The number of carbonyl (C=O) groups excluding carboxylic acids is 1. The molecule has 0 fully saturated rings. The van der Waals surface area contributed by atoms with Crippen LogP contribution in [0.5, 0.6) is 63.2 Å². The molecular weight excluding hydrogens is 1650 g/mol. The molecule has 9 aromatic carbocycles. The Hall–Kier alpha value is -5.08. The van der Waals surface area contributed by atoms with Crippen LogP contribution in [0.3, 0.4) is 0 Å². The summed E-state index contributed by atoms with van der Waals surface area (Å²) in [5.74, 6) is 5.01. The van der Waals surface area contributed by atoms with Crippen molar-refractivity contribution in [3.05, 3.63) is 237 Å². The van der Waals surface area contributed by atoms with Gasteiger partial charge in [-0.1, -0.05) is 196 Å². The second-order valence-corrected chi connectivity index (χ2v) is 28.2. The van der Waals surface area contributed by atoms with Crippen molar-refractivity contribution < 1.29 is 61.9 Å². The van der Waals surface area contributed by atoms with E-state index in [2.05, 4.69) is 52.6 Å². The highest BCUT2D eigenvalue weighted by Gasteiger charge is 2.14. The van der Waals surface area contributed by atoms with Crippen molar-refractivity contribution >= 4 is 197 Å². The summed E-state index contributed by atoms with van der Waals surface area (Å²) in [6.07, 6.45) is 0. The third-order valence-electron chi connectivity index (χ3n) is 9.82. The van der Waals surface area contributed by atoms with Crippen molar-refractivity contribution in [1.29, 1.82) is 0 Å². The van der Waals surface area contributed by atoms with Crippen LogP contribution in [0.2, 0.25) is 25.1 Å². The number of alkyl halides is 4. The van der Waals surface area contributed by atoms with E-state index in [9.17, 15) is 18.3 Å². The van der Waals surface area contributed by atoms with Crippen molar-refractivity contribution in [2.75, 3.05) is 36.8 Å². The van der Waals surface area contributed by atoms with E-state index in [-0.39, 0.29) is 101 Å². The first-order valence-electron chi connectivity index (χ1n) is 25.0. The molecule has 0 heterocycles. The Morgan fingerprint density at radius 1 is 0.464 bits per heavy atom. The van der Waals surface area contributed by atoms with Crippen LogP contribution in [-0.4, -0.2) is 84.8 Å². The molecule has 97 heavy (non-hydrogen) atoms. The number of aromatic hydroxyl groups is 2. The maximum absolute atomic E-state index is 12.2. The normalized spacial score (nSPS) is 9.04. The lowest BCUT2D eigenvalue weighted by Gasteiger charge is -2.11. The van der Waals surface area contributed by atoms with Gasteiger partial charge in [-0.25, -0.2) is 13.6 Å². The molecule has 0 bridgehead atoms. The van der Waals surface area contributed by atoms with E-state index >= 15 is 0 Å². The number of phenols is 2. The van der Waals surface area contributed by atoms with Crippen LogP contribution in [0.4, 0.5) is 5.69 Å². The fourth-order valence-electron chi connectivity index (χ4n) is 6.27. The molecule has 0 saturated heterocycles. The summed E-state index contributed by atoms with van der Waals surface area (Å²) in [7, 11) is -2.12. The predicted molar refractivity (Wildman–Crippen MR) is 432 cm³/mol. The van der Waals surface area contributed by atoms with E-state index in [4.69, 9.17) is 153 Å². The van der Waals surface area contributed by atoms with Gasteiger partial charge in [0.1, 0.15) is 63.2 Å². The topological polar surface area (TPSA) is 226 Å². The zero-order valence-electron chi connectivity index (χ0n) is 47.0. The van der Waals surface area contributed by atoms with Gasteiger partial charge in [-0.2, -0.15) is 0 Å². The van der Waals surface area contributed by atoms with E-state index in [1.807, 2.05) is 84.9 Å². The van der Waals surface area contributed by atoms with Crippen molar-refractivity contribution in [3.63, 3.8) is 0 Å². The van der Waals surface area contributed by atoms with E-state index in [1.165, 1.54) is 43.5 Å². The summed E-state index contributed by atoms with van der Waals surface area (Å²) in [5.41, 5.74) is 0.745. The van der Waals surface area contributed by atoms with Crippen molar-refractivity contribution in [2.45, 2.75) is 49.5 Å². The zero-order valence-corrected chi connectivity index (χ0v) is 59.3. The Kier molecular flexibility index (Phi) is 62.3. The standard InChI is InChI=1S/C20H16Cl2N2O5S.C13H11ClO2.C12H9ClO2.C7H7ClO2.C6H7BO2.2CH2Cl2.6CH4.BBr3.BH4/c21-13-8-15(10-16(9-13)29-14-4-2-1-3-5-14)28-12-20(25)24-19-7-6-17(11-18(19)22)30(23,26)27;1-15-12-7-10(14)8-13(9-12)16-11-5-3-2-4-6-11;13-9-6-10(14)8-12(7-9)15-11-4-2-1-3-5-11;1-10-7-3-5(8)2-6(9)4-7;8-7(9)6-4-2-1-3-5-6;2*2-1-3;;;;;;;2-1(3)4;/h1-11H,12H2,(H,24,25)(H2,23,26,27);2-9H,1H3;1-8,14H;2-4,9H,1H3;1-5,8-9H;2*1H2;6*1H4;;1H4/q;;;;;;;;;;;;;;-1. The van der Waals surface area contributed by atoms with Gasteiger partial charge < -0.3 is 54.0 Å². The Balaban J connectivity index is -0.000000267. The minimum atomic E-state index is -3.89. The Morgan fingerprint density at radius 3 is 1.08 bits per heavy atom. The van der Waals surface area contributed by atoms with Crippen molar-refractivity contribution in [1.82, 2.24) is 0 Å². The molecule has 0 aliphatic carbocycles. The highest BCUT2D eigenvalue weighted by Crippen LogP contribution is 2.33. The van der Waals surface area contributed by atoms with E-state index in [0.717, 1.165) is 11.8 Å². The number of hydrogen-bond acceptors (Lipinski definition) is 13. The quantitative estimate of drug-likeness (QED) is 0.0441. The number of nitrogens with two attached hydrogens (primary N) is 1. The van der Waals surface area contributed by atoms with Crippen LogP contribution in [0.25, 0.3) is 0 Å². The number of ether oxygens (including phenoxy) is 6. The second-order valence-electron chi connectivity index (χ2n) is 16.4. The molecule has 0 unspecified atom stereocenters. The number of nitrogens with one attached hydrogen (secondary N) is 1. The molecule has 7 N–H and O–H groups in total. The summed E-state index contributed by atoms with van der Waals surface area (Å²) < 4.78 is 55.2. The summed E-state index contributed by atoms with van der Waals surface area (Å²) in [6.45, 7) is -0.335. The number of methoxy groups -OCH3 is 2. The molecule has 0 aliphatic heterocycles. The number of hydrogen-bond donors (Lipinski definition) is 6. The minimum absolute atomic E-state index is 0. The molecule has 31 heteroatoms. The van der Waals surface area contributed by atoms with Crippen LogP contribution in [0, 0.1) is 0 Å². The lowest BCUT2D eigenvalue weighted by molar-refractivity contribution is -0.118. The largest absolute Gasteiger partial charge is 0.508 e. The van der Waals surface area contributed by atoms with Gasteiger partial charge in [-0.15, -0.1) is 93.7 Å². The predicted octanol–water partition coefficient (Wildman–Crippen LogP) is 21.2. The van der Waals surface area contributed by atoms with E-state index in [1.54, 1.807) is 92.0 Å². The first kappa shape index (κ1) is 103. The molecule has 0 radical (unpaired) electrons. The van der Waals surface area contributed by atoms with Gasteiger partial charge in [0.2, 0.25) is 10.0 Å². The number of benzene rings is 9. The second kappa shape index (κ2) is 58.7. The molecule has 0 aliphatic rings. The highest BCUT2D eigenvalue weighted by molar-refractivity contribution is 9.69. The lowest BCUT2D eigenvalue weighted by Crippen LogP contribution is -2.29. The minimum Gasteiger partial charge on any atom is -0.508 e. The molecule has 0 saturated carbocycles. The average molecular weight is 1730 g/mol. The van der Waals surface area contributed by atoms with Crippen LogP contribution >= 0.6 is 152 Å². The third kappa shape index (κ3) is 47.6. The number of para-hydroxylation sites is 3. The molecule has 0 aromatic heterocycles. The number of anilines is 1. The van der Waals surface area contributed by atoms with Gasteiger partial charge in [0.25, 0.3) is 5.91 Å². The fraction of sp³-hybridized carbons (Fsp3) is 0.167. The monoisotopic (exact) mass is 1730 g/mol. The molecule has 1 amide bonds. The van der Waals surface area contributed by atoms with E-state index < -0.39 is 23.0 Å². The van der Waals surface area contributed by atoms with Gasteiger partial charge >= 0.3 is 10.3 Å². The van der Waals surface area contributed by atoms with Crippen LogP contribution in [-0.2, 0) is 14.8 Å². The van der Waals surface area contributed by atoms with Gasteiger partial charge in [-0.05, 0) is 109 Å². The van der Waals surface area contributed by atoms with Crippen LogP contribution in [0.15, 0.2) is 217 Å². The first-order chi connectivity index (χ1) is 42.8. The summed E-state index contributed by atoms with van der Waals surface area (Å²) in [5, 5.41) is 45.3. The number of primary sulfonamides is 1. The number of sulfonamides is 1. The number of rotatable bonds is 14. The lowest BCUT2D eigenvalue weighted by atomic mass is 9.81. The fourth-order valence-corrected chi connectivity index (χ4v) is 7.98. The highest BCUT2D eigenvalue weighted by atomic mass is 79.9. The molecule has 534 valence electrons. The van der Waals surface area contributed by atoms with Crippen LogP contribution < -0.4 is 44.3 Å².